The highest BCUT2D eigenvalue weighted by atomic mass is 35.5. The maximum Gasteiger partial charge on any atom is 0.276 e. The van der Waals surface area contributed by atoms with Crippen LogP contribution in [0.3, 0.4) is 0 Å². The molecule has 0 fully saturated rings. The largest absolute Gasteiger partial charge is 0.318 e. The van der Waals surface area contributed by atoms with Gasteiger partial charge in [-0.25, -0.2) is 9.37 Å². The Hall–Kier alpha value is -2.61. The number of anilines is 1. The average Bonchev–Trinajstić information content (AvgIpc) is 2.40. The Balaban J connectivity index is 2.22. The molecular weight excluding hydrogens is 291 g/mol. The van der Waals surface area contributed by atoms with Gasteiger partial charge in [-0.05, 0) is 6.07 Å². The summed E-state index contributed by atoms with van der Waals surface area (Å²) in [5.74, 6) is -1.66. The maximum absolute atomic E-state index is 13.6. The number of halogens is 2. The number of hydrogen-bond donors (Lipinski definition) is 1. The fraction of sp³-hybridized carbons (Fsp3) is 0. The summed E-state index contributed by atoms with van der Waals surface area (Å²) in [6.45, 7) is 0. The topological polar surface area (TPSA) is 98.0 Å². The molecular formula is C11H6ClFN4O3. The van der Waals surface area contributed by atoms with Crippen LogP contribution in [0.15, 0.2) is 30.6 Å². The van der Waals surface area contributed by atoms with Crippen LogP contribution in [0.25, 0.3) is 0 Å². The highest BCUT2D eigenvalue weighted by Crippen LogP contribution is 2.20. The number of nitrogens with one attached hydrogen (secondary N) is 1. The van der Waals surface area contributed by atoms with Gasteiger partial charge in [-0.3, -0.25) is 19.9 Å². The van der Waals surface area contributed by atoms with Gasteiger partial charge in [0.2, 0.25) is 0 Å². The van der Waals surface area contributed by atoms with Gasteiger partial charge in [-0.1, -0.05) is 11.6 Å². The summed E-state index contributed by atoms with van der Waals surface area (Å²) in [4.78, 5) is 28.9. The highest BCUT2D eigenvalue weighted by Gasteiger charge is 2.14. The molecule has 0 saturated carbocycles. The van der Waals surface area contributed by atoms with Crippen molar-refractivity contribution in [2.45, 2.75) is 0 Å². The van der Waals surface area contributed by atoms with Crippen molar-refractivity contribution in [2.24, 2.45) is 0 Å². The Kier molecular flexibility index (Phi) is 3.85. The number of nitrogens with zero attached hydrogens (tertiary/aromatic N) is 3. The highest BCUT2D eigenvalue weighted by molar-refractivity contribution is 6.29. The van der Waals surface area contributed by atoms with Gasteiger partial charge < -0.3 is 5.32 Å². The molecule has 0 aliphatic heterocycles. The van der Waals surface area contributed by atoms with Crippen LogP contribution in [0.5, 0.6) is 0 Å². The van der Waals surface area contributed by atoms with Gasteiger partial charge >= 0.3 is 0 Å². The summed E-state index contributed by atoms with van der Waals surface area (Å²) in [5, 5.41) is 12.7. The second-order valence-corrected chi connectivity index (χ2v) is 3.99. The molecule has 9 heteroatoms. The van der Waals surface area contributed by atoms with E-state index in [-0.39, 0.29) is 16.5 Å². The van der Waals surface area contributed by atoms with Crippen LogP contribution in [0, 0.1) is 15.9 Å². The van der Waals surface area contributed by atoms with Gasteiger partial charge in [0.25, 0.3) is 11.6 Å². The molecule has 1 heterocycles. The second kappa shape index (κ2) is 5.57. The monoisotopic (exact) mass is 296 g/mol. The lowest BCUT2D eigenvalue weighted by Crippen LogP contribution is -2.15. The number of rotatable bonds is 3. The molecule has 0 radical (unpaired) electrons. The zero-order chi connectivity index (χ0) is 14.7. The van der Waals surface area contributed by atoms with Gasteiger partial charge in [0.05, 0.1) is 29.1 Å². The molecule has 2 rings (SSSR count). The zero-order valence-electron chi connectivity index (χ0n) is 9.71. The SMILES string of the molecule is O=C(Nc1ccc([N+](=O)[O-])cc1F)c1cncc(Cl)n1. The predicted octanol–water partition coefficient (Wildman–Crippen LogP) is 2.43. The third-order valence-corrected chi connectivity index (χ3v) is 2.43. The van der Waals surface area contributed by atoms with Crippen LogP contribution < -0.4 is 5.32 Å². The second-order valence-electron chi connectivity index (χ2n) is 3.60. The van der Waals surface area contributed by atoms with Crippen molar-refractivity contribution in [3.8, 4) is 0 Å². The first-order valence-electron chi connectivity index (χ1n) is 5.20. The Bertz CT molecular complexity index is 695. The molecule has 20 heavy (non-hydrogen) atoms. The van der Waals surface area contributed by atoms with E-state index in [2.05, 4.69) is 15.3 Å². The zero-order valence-corrected chi connectivity index (χ0v) is 10.5. The average molecular weight is 297 g/mol. The molecule has 0 aliphatic rings. The fourth-order valence-electron chi connectivity index (χ4n) is 1.36. The Morgan fingerprint density at radius 3 is 2.75 bits per heavy atom. The number of nitro groups is 1. The van der Waals surface area contributed by atoms with E-state index < -0.39 is 22.3 Å². The Labute approximate surface area is 116 Å². The quantitative estimate of drug-likeness (QED) is 0.693. The maximum atomic E-state index is 13.6. The minimum absolute atomic E-state index is 0.0156. The van der Waals surface area contributed by atoms with E-state index >= 15 is 0 Å². The molecule has 0 saturated heterocycles. The lowest BCUT2D eigenvalue weighted by atomic mass is 10.2. The predicted molar refractivity (Wildman–Crippen MR) is 68.0 cm³/mol. The molecule has 1 amide bonds. The van der Waals surface area contributed by atoms with Gasteiger partial charge in [0, 0.05) is 6.07 Å². The van der Waals surface area contributed by atoms with Crippen LogP contribution in [0.1, 0.15) is 10.5 Å². The van der Waals surface area contributed by atoms with Crippen LogP contribution in [0.4, 0.5) is 15.8 Å². The first kappa shape index (κ1) is 13.8. The molecule has 7 nitrogen and oxygen atoms in total. The number of non-ortho nitro benzene ring substituents is 1. The number of carbonyl (C=O) groups excluding carboxylic acids is 1. The summed E-state index contributed by atoms with van der Waals surface area (Å²) in [7, 11) is 0. The first-order valence-corrected chi connectivity index (χ1v) is 5.58. The summed E-state index contributed by atoms with van der Waals surface area (Å²) >= 11 is 5.58. The van der Waals surface area contributed by atoms with Gasteiger partial charge in [-0.15, -0.1) is 0 Å². The molecule has 0 atom stereocenters. The Morgan fingerprint density at radius 2 is 2.15 bits per heavy atom. The molecule has 0 unspecified atom stereocenters. The van der Waals surface area contributed by atoms with Crippen molar-refractivity contribution in [3.05, 3.63) is 57.4 Å². The molecule has 0 aliphatic carbocycles. The van der Waals surface area contributed by atoms with Crippen molar-refractivity contribution in [3.63, 3.8) is 0 Å². The number of aromatic nitrogens is 2. The molecule has 1 N–H and O–H groups in total. The summed E-state index contributed by atoms with van der Waals surface area (Å²) in [6.07, 6.45) is 2.40. The van der Waals surface area contributed by atoms with Crippen LogP contribution in [0.2, 0.25) is 5.15 Å². The molecule has 1 aromatic carbocycles. The van der Waals surface area contributed by atoms with Crippen LogP contribution in [-0.4, -0.2) is 20.8 Å². The van der Waals surface area contributed by atoms with Crippen molar-refractivity contribution >= 4 is 28.9 Å². The minimum Gasteiger partial charge on any atom is -0.318 e. The van der Waals surface area contributed by atoms with E-state index in [1.54, 1.807) is 0 Å². The van der Waals surface area contributed by atoms with Crippen molar-refractivity contribution < 1.29 is 14.1 Å². The van der Waals surface area contributed by atoms with E-state index in [4.69, 9.17) is 11.6 Å². The van der Waals surface area contributed by atoms with Crippen molar-refractivity contribution in [1.82, 2.24) is 9.97 Å². The number of amides is 1. The molecule has 102 valence electrons. The van der Waals surface area contributed by atoms with E-state index in [1.165, 1.54) is 6.20 Å². The van der Waals surface area contributed by atoms with E-state index in [0.29, 0.717) is 6.07 Å². The lowest BCUT2D eigenvalue weighted by molar-refractivity contribution is -0.385. The number of carbonyl (C=O) groups is 1. The molecule has 0 spiro atoms. The normalized spacial score (nSPS) is 10.1. The van der Waals surface area contributed by atoms with Crippen molar-refractivity contribution in [1.29, 1.82) is 0 Å². The number of hydrogen-bond acceptors (Lipinski definition) is 5. The van der Waals surface area contributed by atoms with Gasteiger partial charge in [0.15, 0.2) is 5.82 Å². The van der Waals surface area contributed by atoms with Crippen LogP contribution >= 0.6 is 11.6 Å². The number of nitro benzene ring substituents is 1. The minimum atomic E-state index is -0.928. The third kappa shape index (κ3) is 3.04. The molecule has 2 aromatic rings. The van der Waals surface area contributed by atoms with Gasteiger partial charge in [-0.2, -0.15) is 0 Å². The first-order chi connectivity index (χ1) is 9.47. The molecule has 1 aromatic heterocycles. The Morgan fingerprint density at radius 1 is 1.40 bits per heavy atom. The smallest absolute Gasteiger partial charge is 0.276 e. The lowest BCUT2D eigenvalue weighted by Gasteiger charge is -2.05. The van der Waals surface area contributed by atoms with Gasteiger partial charge in [0.1, 0.15) is 10.8 Å². The van der Waals surface area contributed by atoms with Crippen LogP contribution in [-0.2, 0) is 0 Å². The fourth-order valence-corrected chi connectivity index (χ4v) is 1.50. The summed E-state index contributed by atoms with van der Waals surface area (Å²) in [6, 6.07) is 2.87. The van der Waals surface area contributed by atoms with E-state index in [1.807, 2.05) is 0 Å². The summed E-state index contributed by atoms with van der Waals surface area (Å²) in [5.41, 5.74) is -0.722. The molecule has 0 bridgehead atoms. The number of benzene rings is 1. The standard InChI is InChI=1S/C11H6ClFN4O3/c12-10-5-14-4-9(15-10)11(18)16-8-2-1-6(17(19)20)3-7(8)13/h1-5H,(H,16,18). The van der Waals surface area contributed by atoms with E-state index in [0.717, 1.165) is 18.3 Å². The third-order valence-electron chi connectivity index (χ3n) is 2.25. The van der Waals surface area contributed by atoms with E-state index in [9.17, 15) is 19.3 Å². The van der Waals surface area contributed by atoms with Crippen molar-refractivity contribution in [2.75, 3.05) is 5.32 Å². The summed E-state index contributed by atoms with van der Waals surface area (Å²) < 4.78 is 13.6.